The molecular formula is C43H44O6S2. The van der Waals surface area contributed by atoms with Gasteiger partial charge in [-0.2, -0.15) is 0 Å². The standard InChI is InChI=1S/C43H44O6S2/c1-29-7-18-37(19-8-29)50(44,45)38-20-9-32(10-21-38)41-25-24-40(28-30(41)2)51(46,47)39-22-16-36(17-23-39)49-35-14-11-33(12-15-35)43(4,5)34-13-26-42(48-6)31(3)27-34/h7-28,30-31,41-42H,1-6H3. The summed E-state index contributed by atoms with van der Waals surface area (Å²) in [4.78, 5) is 0.875. The first-order valence-electron chi connectivity index (χ1n) is 17.1. The van der Waals surface area contributed by atoms with Gasteiger partial charge in [0.1, 0.15) is 11.5 Å². The Bertz CT molecular complexity index is 2220. The van der Waals surface area contributed by atoms with Crippen LogP contribution in [0.5, 0.6) is 11.5 Å². The van der Waals surface area contributed by atoms with Gasteiger partial charge < -0.3 is 9.47 Å². The molecule has 0 saturated heterocycles. The van der Waals surface area contributed by atoms with E-state index >= 15 is 0 Å². The van der Waals surface area contributed by atoms with Crippen molar-refractivity contribution in [3.8, 4) is 11.5 Å². The first-order valence-corrected chi connectivity index (χ1v) is 20.1. The lowest BCUT2D eigenvalue weighted by Gasteiger charge is -2.32. The van der Waals surface area contributed by atoms with Gasteiger partial charge in [-0.3, -0.25) is 0 Å². The van der Waals surface area contributed by atoms with Crippen LogP contribution in [0.4, 0.5) is 0 Å². The van der Waals surface area contributed by atoms with Crippen LogP contribution in [0.1, 0.15) is 50.3 Å². The molecule has 4 unspecified atom stereocenters. The maximum Gasteiger partial charge on any atom is 0.206 e. The molecule has 0 radical (unpaired) electrons. The highest BCUT2D eigenvalue weighted by Gasteiger charge is 2.29. The second-order valence-electron chi connectivity index (χ2n) is 14.0. The lowest BCUT2D eigenvalue weighted by Crippen LogP contribution is -2.26. The van der Waals surface area contributed by atoms with Gasteiger partial charge in [-0.1, -0.05) is 100 Å². The van der Waals surface area contributed by atoms with Crippen LogP contribution in [0, 0.1) is 18.8 Å². The molecule has 6 nitrogen and oxygen atoms in total. The molecule has 2 aliphatic rings. The molecule has 51 heavy (non-hydrogen) atoms. The molecule has 0 aliphatic heterocycles. The van der Waals surface area contributed by atoms with E-state index in [0.29, 0.717) is 11.5 Å². The van der Waals surface area contributed by atoms with Crippen LogP contribution in [0.2, 0.25) is 0 Å². The predicted molar refractivity (Wildman–Crippen MR) is 203 cm³/mol. The van der Waals surface area contributed by atoms with Crippen molar-refractivity contribution in [3.05, 3.63) is 161 Å². The number of rotatable bonds is 10. The summed E-state index contributed by atoms with van der Waals surface area (Å²) >= 11 is 0. The normalized spacial score (nSPS) is 20.8. The van der Waals surface area contributed by atoms with Crippen molar-refractivity contribution in [1.29, 1.82) is 0 Å². The Labute approximate surface area is 302 Å². The van der Waals surface area contributed by atoms with E-state index in [2.05, 4.69) is 51.1 Å². The summed E-state index contributed by atoms with van der Waals surface area (Å²) in [5, 5.41) is 0. The number of sulfone groups is 2. The van der Waals surface area contributed by atoms with Gasteiger partial charge in [0.2, 0.25) is 19.7 Å². The molecule has 0 bridgehead atoms. The van der Waals surface area contributed by atoms with E-state index < -0.39 is 19.7 Å². The molecule has 6 rings (SSSR count). The summed E-state index contributed by atoms with van der Waals surface area (Å²) in [5.41, 5.74) is 4.09. The Morgan fingerprint density at radius 1 is 0.608 bits per heavy atom. The number of hydrogen-bond donors (Lipinski definition) is 0. The predicted octanol–water partition coefficient (Wildman–Crippen LogP) is 9.69. The van der Waals surface area contributed by atoms with Crippen LogP contribution in [0.3, 0.4) is 0 Å². The van der Waals surface area contributed by atoms with E-state index in [1.807, 2.05) is 32.1 Å². The molecule has 0 fully saturated rings. The number of ether oxygens (including phenoxy) is 2. The van der Waals surface area contributed by atoms with Crippen molar-refractivity contribution in [2.24, 2.45) is 11.8 Å². The van der Waals surface area contributed by atoms with E-state index in [1.54, 1.807) is 92.1 Å². The minimum atomic E-state index is -3.77. The van der Waals surface area contributed by atoms with Crippen molar-refractivity contribution in [2.45, 2.75) is 66.7 Å². The zero-order chi connectivity index (χ0) is 36.6. The third-order valence-corrected chi connectivity index (χ3v) is 13.6. The van der Waals surface area contributed by atoms with Crippen LogP contribution in [-0.4, -0.2) is 30.0 Å². The second kappa shape index (κ2) is 14.3. The summed E-state index contributed by atoms with van der Waals surface area (Å²) in [5.74, 6) is 1.25. The smallest absolute Gasteiger partial charge is 0.206 e. The van der Waals surface area contributed by atoms with E-state index in [1.165, 1.54) is 5.57 Å². The molecule has 0 aromatic heterocycles. The maximum absolute atomic E-state index is 13.6. The Kier molecular flexibility index (Phi) is 10.1. The van der Waals surface area contributed by atoms with Crippen molar-refractivity contribution >= 4 is 19.7 Å². The molecule has 0 N–H and O–H groups in total. The number of benzene rings is 4. The van der Waals surface area contributed by atoms with Gasteiger partial charge in [-0.15, -0.1) is 0 Å². The molecule has 0 spiro atoms. The van der Waals surface area contributed by atoms with Crippen LogP contribution in [0.15, 0.2) is 159 Å². The minimum Gasteiger partial charge on any atom is -0.457 e. The summed E-state index contributed by atoms with van der Waals surface area (Å²) in [6.07, 6.45) is 11.9. The first-order chi connectivity index (χ1) is 24.2. The molecular weight excluding hydrogens is 677 g/mol. The maximum atomic E-state index is 13.6. The fourth-order valence-electron chi connectivity index (χ4n) is 6.69. The van der Waals surface area contributed by atoms with Gasteiger partial charge in [0.05, 0.1) is 25.7 Å². The third kappa shape index (κ3) is 7.45. The minimum absolute atomic E-state index is 0.0870. The van der Waals surface area contributed by atoms with Crippen molar-refractivity contribution < 1.29 is 26.3 Å². The molecule has 4 aromatic rings. The van der Waals surface area contributed by atoms with E-state index in [9.17, 15) is 16.8 Å². The largest absolute Gasteiger partial charge is 0.457 e. The van der Waals surface area contributed by atoms with Crippen LogP contribution < -0.4 is 4.74 Å². The van der Waals surface area contributed by atoms with Gasteiger partial charge in [0.25, 0.3) is 0 Å². The fourth-order valence-corrected chi connectivity index (χ4v) is 9.37. The topological polar surface area (TPSA) is 86.7 Å². The van der Waals surface area contributed by atoms with Gasteiger partial charge in [-0.05, 0) is 96.3 Å². The van der Waals surface area contributed by atoms with Crippen LogP contribution in [-0.2, 0) is 29.8 Å². The van der Waals surface area contributed by atoms with Gasteiger partial charge in [0.15, 0.2) is 0 Å². The lowest BCUT2D eigenvalue weighted by atomic mass is 9.74. The molecule has 264 valence electrons. The highest BCUT2D eigenvalue weighted by atomic mass is 32.2. The summed E-state index contributed by atoms with van der Waals surface area (Å²) in [7, 11) is -5.67. The van der Waals surface area contributed by atoms with E-state index in [0.717, 1.165) is 16.7 Å². The quantitative estimate of drug-likeness (QED) is 0.162. The van der Waals surface area contributed by atoms with E-state index in [4.69, 9.17) is 9.47 Å². The Morgan fingerprint density at radius 3 is 1.69 bits per heavy atom. The summed E-state index contributed by atoms with van der Waals surface area (Å²) in [6.45, 7) is 10.4. The number of aryl methyl sites for hydroxylation is 1. The second-order valence-corrected chi connectivity index (χ2v) is 17.9. The molecule has 0 amide bonds. The van der Waals surface area contributed by atoms with Crippen LogP contribution >= 0.6 is 0 Å². The lowest BCUT2D eigenvalue weighted by molar-refractivity contribution is 0.111. The molecule has 4 atom stereocenters. The van der Waals surface area contributed by atoms with Gasteiger partial charge >= 0.3 is 0 Å². The number of methoxy groups -OCH3 is 1. The highest BCUT2D eigenvalue weighted by Crippen LogP contribution is 2.38. The molecule has 4 aromatic carbocycles. The SMILES string of the molecule is COC1C=CC(C(C)(C)c2ccc(Oc3ccc(S(=O)(=O)C4=CC(C)C(c5ccc(S(=O)(=O)c6ccc(C)cc6)cc5)C=C4)cc3)cc2)=CC1C. The Morgan fingerprint density at radius 2 is 1.14 bits per heavy atom. The highest BCUT2D eigenvalue weighted by molar-refractivity contribution is 7.95. The number of hydrogen-bond acceptors (Lipinski definition) is 6. The monoisotopic (exact) mass is 720 g/mol. The van der Waals surface area contributed by atoms with Gasteiger partial charge in [-0.25, -0.2) is 16.8 Å². The van der Waals surface area contributed by atoms with Crippen molar-refractivity contribution in [2.75, 3.05) is 7.11 Å². The summed E-state index contributed by atoms with van der Waals surface area (Å²) in [6, 6.07) is 28.1. The third-order valence-electron chi connectivity index (χ3n) is 10.0. The molecule has 8 heteroatoms. The van der Waals surface area contributed by atoms with E-state index in [-0.39, 0.29) is 48.9 Å². The molecule has 0 heterocycles. The number of allylic oxidation sites excluding steroid dienone is 5. The zero-order valence-electron chi connectivity index (χ0n) is 29.8. The average Bonchev–Trinajstić information content (AvgIpc) is 3.12. The van der Waals surface area contributed by atoms with Crippen LogP contribution in [0.25, 0.3) is 0 Å². The average molecular weight is 721 g/mol. The summed E-state index contributed by atoms with van der Waals surface area (Å²) < 4.78 is 65.1. The zero-order valence-corrected chi connectivity index (χ0v) is 31.4. The molecule has 2 aliphatic carbocycles. The van der Waals surface area contributed by atoms with Crippen molar-refractivity contribution in [1.82, 2.24) is 0 Å². The fraction of sp³-hybridized carbons (Fsp3) is 0.256. The van der Waals surface area contributed by atoms with Gasteiger partial charge in [0, 0.05) is 24.4 Å². The Balaban J connectivity index is 1.10. The first kappa shape index (κ1) is 36.3. The van der Waals surface area contributed by atoms with Crippen molar-refractivity contribution in [3.63, 3.8) is 0 Å². The molecule has 0 saturated carbocycles. The Hall–Kier alpha value is -4.50.